The average Bonchev–Trinajstić information content (AvgIpc) is 3.11. The number of nitrogens with zero attached hydrogens (tertiary/aromatic N) is 3. The van der Waals surface area contributed by atoms with Crippen LogP contribution in [-0.4, -0.2) is 43.0 Å². The maximum Gasteiger partial charge on any atom is 0.224 e. The average molecular weight is 391 g/mol. The first kappa shape index (κ1) is 19.8. The standard InChI is InChI=1S/C20H27FN4OS/c1-24(2)20-22-12-16(27-20)14-25-11-5-6-15(13-25)9-10-19(26)23-18-8-4-3-7-17(18)21/h3-4,7-8,12,15H,5-6,9-11,13-14H2,1-2H3,(H,23,26)/t15-/m1/s1. The van der Waals surface area contributed by atoms with E-state index in [0.717, 1.165) is 44.0 Å². The number of hydrogen-bond donors (Lipinski definition) is 1. The lowest BCUT2D eigenvalue weighted by atomic mass is 9.93. The number of aromatic nitrogens is 1. The highest BCUT2D eigenvalue weighted by Gasteiger charge is 2.21. The Labute approximate surface area is 164 Å². The third kappa shape index (κ3) is 5.74. The summed E-state index contributed by atoms with van der Waals surface area (Å²) in [5, 5.41) is 3.71. The molecule has 5 nitrogen and oxygen atoms in total. The Morgan fingerprint density at radius 2 is 2.22 bits per heavy atom. The number of likely N-dealkylation sites (tertiary alicyclic amines) is 1. The lowest BCUT2D eigenvalue weighted by Gasteiger charge is -2.32. The van der Waals surface area contributed by atoms with E-state index in [4.69, 9.17) is 0 Å². The predicted octanol–water partition coefficient (Wildman–Crippen LogP) is 3.98. The Bertz CT molecular complexity index is 764. The fraction of sp³-hybridized carbons (Fsp3) is 0.500. The SMILES string of the molecule is CN(C)c1ncc(CN2CCC[C@H](CCC(=O)Nc3ccccc3F)C2)s1. The van der Waals surface area contributed by atoms with Crippen LogP contribution in [0.1, 0.15) is 30.6 Å². The third-order valence-corrected chi connectivity index (χ3v) is 5.98. The molecular weight excluding hydrogens is 363 g/mol. The summed E-state index contributed by atoms with van der Waals surface area (Å²) in [7, 11) is 4.01. The molecule has 1 fully saturated rings. The highest BCUT2D eigenvalue weighted by atomic mass is 32.1. The molecule has 0 saturated carbocycles. The van der Waals surface area contributed by atoms with Crippen molar-refractivity contribution in [2.45, 2.75) is 32.2 Å². The number of carbonyl (C=O) groups is 1. The fourth-order valence-electron chi connectivity index (χ4n) is 3.44. The molecule has 0 unspecified atom stereocenters. The molecule has 0 radical (unpaired) electrons. The zero-order valence-electron chi connectivity index (χ0n) is 15.9. The summed E-state index contributed by atoms with van der Waals surface area (Å²) in [6.07, 6.45) is 5.53. The van der Waals surface area contributed by atoms with E-state index in [9.17, 15) is 9.18 Å². The fourth-order valence-corrected chi connectivity index (χ4v) is 4.31. The largest absolute Gasteiger partial charge is 0.354 e. The van der Waals surface area contributed by atoms with Gasteiger partial charge in [0.25, 0.3) is 0 Å². The minimum Gasteiger partial charge on any atom is -0.354 e. The molecule has 7 heteroatoms. The van der Waals surface area contributed by atoms with Crippen LogP contribution in [0.3, 0.4) is 0 Å². The van der Waals surface area contributed by atoms with Gasteiger partial charge in [0, 0.05) is 44.7 Å². The van der Waals surface area contributed by atoms with Gasteiger partial charge in [-0.3, -0.25) is 9.69 Å². The van der Waals surface area contributed by atoms with Gasteiger partial charge in [0.15, 0.2) is 5.13 Å². The molecular formula is C20H27FN4OS. The van der Waals surface area contributed by atoms with Crippen LogP contribution in [0.2, 0.25) is 0 Å². The van der Waals surface area contributed by atoms with Crippen molar-refractivity contribution in [2.75, 3.05) is 37.4 Å². The van der Waals surface area contributed by atoms with E-state index < -0.39 is 5.82 Å². The van der Waals surface area contributed by atoms with Crippen molar-refractivity contribution in [3.05, 3.63) is 41.2 Å². The highest BCUT2D eigenvalue weighted by Crippen LogP contribution is 2.26. The molecule has 1 aromatic carbocycles. The van der Waals surface area contributed by atoms with Gasteiger partial charge in [0.2, 0.25) is 5.91 Å². The number of thiazole rings is 1. The maximum absolute atomic E-state index is 13.6. The van der Waals surface area contributed by atoms with E-state index in [1.165, 1.54) is 10.9 Å². The van der Waals surface area contributed by atoms with E-state index in [2.05, 4.69) is 15.2 Å². The summed E-state index contributed by atoms with van der Waals surface area (Å²) in [5.41, 5.74) is 0.259. The van der Waals surface area contributed by atoms with E-state index in [1.807, 2.05) is 25.2 Å². The van der Waals surface area contributed by atoms with Crippen molar-refractivity contribution in [1.29, 1.82) is 0 Å². The van der Waals surface area contributed by atoms with Crippen molar-refractivity contribution in [3.8, 4) is 0 Å². The molecule has 146 valence electrons. The van der Waals surface area contributed by atoms with Gasteiger partial charge >= 0.3 is 0 Å². The molecule has 0 bridgehead atoms. The Balaban J connectivity index is 1.45. The second kappa shape index (κ2) is 9.28. The Morgan fingerprint density at radius 1 is 1.41 bits per heavy atom. The van der Waals surface area contributed by atoms with Crippen LogP contribution >= 0.6 is 11.3 Å². The second-order valence-electron chi connectivity index (χ2n) is 7.31. The van der Waals surface area contributed by atoms with E-state index in [1.54, 1.807) is 29.5 Å². The van der Waals surface area contributed by atoms with Crippen molar-refractivity contribution in [1.82, 2.24) is 9.88 Å². The van der Waals surface area contributed by atoms with Crippen LogP contribution in [0.15, 0.2) is 30.5 Å². The van der Waals surface area contributed by atoms with Crippen molar-refractivity contribution < 1.29 is 9.18 Å². The number of halogens is 1. The summed E-state index contributed by atoms with van der Waals surface area (Å²) in [6, 6.07) is 6.29. The topological polar surface area (TPSA) is 48.5 Å². The normalized spacial score (nSPS) is 17.7. The van der Waals surface area contributed by atoms with Crippen LogP contribution in [0.25, 0.3) is 0 Å². The number of rotatable bonds is 7. The molecule has 27 heavy (non-hydrogen) atoms. The molecule has 0 aliphatic carbocycles. The van der Waals surface area contributed by atoms with E-state index >= 15 is 0 Å². The highest BCUT2D eigenvalue weighted by molar-refractivity contribution is 7.15. The zero-order valence-corrected chi connectivity index (χ0v) is 16.8. The van der Waals surface area contributed by atoms with Gasteiger partial charge in [-0.15, -0.1) is 11.3 Å². The van der Waals surface area contributed by atoms with Gasteiger partial charge in [0.1, 0.15) is 5.82 Å². The van der Waals surface area contributed by atoms with Crippen LogP contribution in [0.5, 0.6) is 0 Å². The first-order valence-corrected chi connectivity index (χ1v) is 10.2. The molecule has 1 aromatic heterocycles. The quantitative estimate of drug-likeness (QED) is 0.777. The summed E-state index contributed by atoms with van der Waals surface area (Å²) < 4.78 is 13.6. The number of carbonyl (C=O) groups excluding carboxylic acids is 1. The van der Waals surface area contributed by atoms with E-state index in [-0.39, 0.29) is 11.6 Å². The van der Waals surface area contributed by atoms with Crippen LogP contribution in [0, 0.1) is 11.7 Å². The second-order valence-corrected chi connectivity index (χ2v) is 8.41. The molecule has 1 saturated heterocycles. The third-order valence-electron chi connectivity index (χ3n) is 4.83. The summed E-state index contributed by atoms with van der Waals surface area (Å²) >= 11 is 1.73. The minimum absolute atomic E-state index is 0.115. The molecule has 1 aliphatic heterocycles. The number of amides is 1. The van der Waals surface area contributed by atoms with Crippen molar-refractivity contribution in [3.63, 3.8) is 0 Å². The van der Waals surface area contributed by atoms with Gasteiger partial charge in [-0.25, -0.2) is 9.37 Å². The summed E-state index contributed by atoms with van der Waals surface area (Å²) in [4.78, 5) is 22.3. The van der Waals surface area contributed by atoms with E-state index in [0.29, 0.717) is 12.3 Å². The minimum atomic E-state index is -0.392. The molecule has 1 N–H and O–H groups in total. The number of para-hydroxylation sites is 1. The molecule has 0 spiro atoms. The van der Waals surface area contributed by atoms with Crippen LogP contribution in [0.4, 0.5) is 15.2 Å². The van der Waals surface area contributed by atoms with Gasteiger partial charge in [-0.2, -0.15) is 0 Å². The van der Waals surface area contributed by atoms with Crippen LogP contribution in [-0.2, 0) is 11.3 Å². The number of benzene rings is 1. The number of piperidine rings is 1. The smallest absolute Gasteiger partial charge is 0.224 e. The number of hydrogen-bond acceptors (Lipinski definition) is 5. The van der Waals surface area contributed by atoms with Gasteiger partial charge in [-0.05, 0) is 43.9 Å². The van der Waals surface area contributed by atoms with Gasteiger partial charge in [-0.1, -0.05) is 12.1 Å². The molecule has 1 amide bonds. The van der Waals surface area contributed by atoms with Gasteiger partial charge < -0.3 is 10.2 Å². The summed E-state index contributed by atoms with van der Waals surface area (Å²) in [6.45, 7) is 3.01. The molecule has 1 aliphatic rings. The van der Waals surface area contributed by atoms with Crippen LogP contribution < -0.4 is 10.2 Å². The monoisotopic (exact) mass is 390 g/mol. The van der Waals surface area contributed by atoms with Crippen molar-refractivity contribution >= 4 is 28.1 Å². The van der Waals surface area contributed by atoms with Crippen molar-refractivity contribution in [2.24, 2.45) is 5.92 Å². The number of nitrogens with one attached hydrogen (secondary N) is 1. The molecule has 2 heterocycles. The first-order chi connectivity index (χ1) is 13.0. The summed E-state index contributed by atoms with van der Waals surface area (Å²) in [5.74, 6) is -0.00184. The predicted molar refractivity (Wildman–Crippen MR) is 109 cm³/mol. The maximum atomic E-state index is 13.6. The lowest BCUT2D eigenvalue weighted by molar-refractivity contribution is -0.116. The van der Waals surface area contributed by atoms with Gasteiger partial charge in [0.05, 0.1) is 5.69 Å². The Hall–Kier alpha value is -1.99. The molecule has 1 atom stereocenters. The first-order valence-electron chi connectivity index (χ1n) is 9.40. The Kier molecular flexibility index (Phi) is 6.79. The Morgan fingerprint density at radius 3 is 2.96 bits per heavy atom. The lowest BCUT2D eigenvalue weighted by Crippen LogP contribution is -2.35. The molecule has 2 aromatic rings. The molecule has 3 rings (SSSR count). The zero-order chi connectivity index (χ0) is 19.2. The number of anilines is 2.